The molecule has 0 atom stereocenters. The van der Waals surface area contributed by atoms with E-state index in [0.717, 1.165) is 11.1 Å². The minimum Gasteiger partial charge on any atom is -0.482 e. The van der Waals surface area contributed by atoms with Gasteiger partial charge in [0.05, 0.1) is 10.5 Å². The Morgan fingerprint density at radius 3 is 2.64 bits per heavy atom. The molecule has 1 aromatic heterocycles. The van der Waals surface area contributed by atoms with Gasteiger partial charge in [0.1, 0.15) is 5.75 Å². The van der Waals surface area contributed by atoms with Gasteiger partial charge >= 0.3 is 5.76 Å². The molecule has 0 fully saturated rings. The number of fused-ring (bicyclic) bond motifs is 1. The summed E-state index contributed by atoms with van der Waals surface area (Å²) in [6.07, 6.45) is 0. The quantitative estimate of drug-likeness (QED) is 0.523. The number of halogens is 1. The second-order valence-electron chi connectivity index (χ2n) is 6.07. The van der Waals surface area contributed by atoms with E-state index in [-0.39, 0.29) is 12.5 Å². The topological polar surface area (TPSA) is 84.3 Å². The molecule has 0 aliphatic carbocycles. The number of oxazole rings is 1. The molecule has 0 unspecified atom stereocenters. The van der Waals surface area contributed by atoms with E-state index in [2.05, 4.69) is 10.3 Å². The van der Waals surface area contributed by atoms with Crippen molar-refractivity contribution in [2.24, 2.45) is 0 Å². The Labute approximate surface area is 164 Å². The normalized spacial score (nSPS) is 10.8. The number of H-pyrrole nitrogens is 1. The zero-order valence-electron chi connectivity index (χ0n) is 14.6. The highest BCUT2D eigenvalue weighted by atomic mass is 35.5. The van der Waals surface area contributed by atoms with E-state index >= 15 is 0 Å². The van der Waals surface area contributed by atoms with Crippen LogP contribution in [0, 0.1) is 0 Å². The number of rotatable bonds is 5. The van der Waals surface area contributed by atoms with Crippen LogP contribution >= 0.6 is 11.6 Å². The van der Waals surface area contributed by atoms with Gasteiger partial charge < -0.3 is 14.5 Å². The summed E-state index contributed by atoms with van der Waals surface area (Å²) in [6, 6.07) is 20.1. The van der Waals surface area contributed by atoms with Gasteiger partial charge in [0.25, 0.3) is 5.91 Å². The Kier molecular flexibility index (Phi) is 4.87. The summed E-state index contributed by atoms with van der Waals surface area (Å²) in [6.45, 7) is -0.204. The molecule has 1 amide bonds. The van der Waals surface area contributed by atoms with Crippen molar-refractivity contribution in [3.8, 4) is 16.9 Å². The lowest BCUT2D eigenvalue weighted by Gasteiger charge is -2.10. The van der Waals surface area contributed by atoms with Gasteiger partial charge in [-0.1, -0.05) is 48.0 Å². The van der Waals surface area contributed by atoms with Gasteiger partial charge in [-0.2, -0.15) is 0 Å². The molecule has 0 saturated carbocycles. The third-order valence-electron chi connectivity index (χ3n) is 4.10. The summed E-state index contributed by atoms with van der Waals surface area (Å²) in [7, 11) is 0. The number of hydrogen-bond donors (Lipinski definition) is 2. The summed E-state index contributed by atoms with van der Waals surface area (Å²) >= 11 is 6.29. The zero-order chi connectivity index (χ0) is 19.5. The van der Waals surface area contributed by atoms with Crippen molar-refractivity contribution >= 4 is 34.3 Å². The predicted molar refractivity (Wildman–Crippen MR) is 108 cm³/mol. The van der Waals surface area contributed by atoms with Crippen LogP contribution in [0.2, 0.25) is 5.02 Å². The maximum Gasteiger partial charge on any atom is 0.417 e. The van der Waals surface area contributed by atoms with Crippen molar-refractivity contribution < 1.29 is 13.9 Å². The molecule has 0 spiro atoms. The molecule has 0 bridgehead atoms. The molecule has 4 aromatic rings. The number of carbonyl (C=O) groups is 1. The van der Waals surface area contributed by atoms with Gasteiger partial charge in [-0.05, 0) is 41.5 Å². The maximum absolute atomic E-state index is 12.2. The summed E-state index contributed by atoms with van der Waals surface area (Å²) in [5.41, 5.74) is 3.45. The number of aromatic amines is 1. The highest BCUT2D eigenvalue weighted by Crippen LogP contribution is 2.30. The Morgan fingerprint density at radius 1 is 1.04 bits per heavy atom. The largest absolute Gasteiger partial charge is 0.482 e. The van der Waals surface area contributed by atoms with E-state index in [1.807, 2.05) is 36.4 Å². The van der Waals surface area contributed by atoms with E-state index in [4.69, 9.17) is 20.8 Å². The monoisotopic (exact) mass is 394 g/mol. The van der Waals surface area contributed by atoms with E-state index in [1.165, 1.54) is 0 Å². The van der Waals surface area contributed by atoms with Gasteiger partial charge in [0, 0.05) is 5.69 Å². The standard InChI is InChI=1S/C21H15ClN2O4/c22-16-10-14(13-4-2-1-3-5-13)6-8-18(16)27-12-20(25)23-15-7-9-19-17(11-15)24-21(26)28-19/h1-11H,12H2,(H,23,25)(H,24,26). The van der Waals surface area contributed by atoms with Crippen LogP contribution < -0.4 is 15.8 Å². The molecule has 0 radical (unpaired) electrons. The van der Waals surface area contributed by atoms with Crippen LogP contribution in [-0.4, -0.2) is 17.5 Å². The molecule has 7 heteroatoms. The molecule has 0 saturated heterocycles. The molecule has 28 heavy (non-hydrogen) atoms. The van der Waals surface area contributed by atoms with Crippen molar-refractivity contribution in [3.05, 3.63) is 82.3 Å². The van der Waals surface area contributed by atoms with Gasteiger partial charge in [-0.3, -0.25) is 9.78 Å². The Balaban J connectivity index is 1.40. The molecule has 1 heterocycles. The SMILES string of the molecule is O=C(COc1ccc(-c2ccccc2)cc1Cl)Nc1ccc2oc(=O)[nH]c2c1. The molecule has 3 aromatic carbocycles. The van der Waals surface area contributed by atoms with E-state index in [0.29, 0.717) is 27.6 Å². The molecular formula is C21H15ClN2O4. The zero-order valence-corrected chi connectivity index (χ0v) is 15.3. The number of anilines is 1. The number of aromatic nitrogens is 1. The molecule has 0 aliphatic heterocycles. The highest BCUT2D eigenvalue weighted by molar-refractivity contribution is 6.32. The fraction of sp³-hybridized carbons (Fsp3) is 0.0476. The van der Waals surface area contributed by atoms with Gasteiger partial charge in [-0.15, -0.1) is 0 Å². The van der Waals surface area contributed by atoms with Crippen molar-refractivity contribution in [1.29, 1.82) is 0 Å². The fourth-order valence-electron chi connectivity index (χ4n) is 2.80. The summed E-state index contributed by atoms with van der Waals surface area (Å²) in [4.78, 5) is 25.9. The second kappa shape index (κ2) is 7.62. The van der Waals surface area contributed by atoms with Gasteiger partial charge in [0.2, 0.25) is 0 Å². The van der Waals surface area contributed by atoms with Crippen molar-refractivity contribution in [1.82, 2.24) is 4.98 Å². The predicted octanol–water partition coefficient (Wildman–Crippen LogP) is 4.46. The first-order valence-corrected chi connectivity index (χ1v) is 8.87. The fourth-order valence-corrected chi connectivity index (χ4v) is 3.03. The van der Waals surface area contributed by atoms with Crippen LogP contribution in [0.15, 0.2) is 75.9 Å². The maximum atomic E-state index is 12.2. The van der Waals surface area contributed by atoms with E-state index in [1.54, 1.807) is 30.3 Å². The van der Waals surface area contributed by atoms with Crippen LogP contribution in [-0.2, 0) is 4.79 Å². The summed E-state index contributed by atoms with van der Waals surface area (Å²) in [5.74, 6) is -0.477. The molecule has 4 rings (SSSR count). The molecule has 140 valence electrons. The number of nitrogens with one attached hydrogen (secondary N) is 2. The average molecular weight is 395 g/mol. The van der Waals surface area contributed by atoms with E-state index < -0.39 is 5.76 Å². The number of hydrogen-bond acceptors (Lipinski definition) is 4. The first-order valence-electron chi connectivity index (χ1n) is 8.49. The Hall–Kier alpha value is -3.51. The number of benzene rings is 3. The third-order valence-corrected chi connectivity index (χ3v) is 4.40. The van der Waals surface area contributed by atoms with Crippen LogP contribution in [0.1, 0.15) is 0 Å². The summed E-state index contributed by atoms with van der Waals surface area (Å²) < 4.78 is 10.5. The van der Waals surface area contributed by atoms with Crippen LogP contribution in [0.3, 0.4) is 0 Å². The van der Waals surface area contributed by atoms with Crippen LogP contribution in [0.5, 0.6) is 5.75 Å². The lowest BCUT2D eigenvalue weighted by atomic mass is 10.1. The lowest BCUT2D eigenvalue weighted by Crippen LogP contribution is -2.20. The van der Waals surface area contributed by atoms with Crippen LogP contribution in [0.4, 0.5) is 5.69 Å². The molecule has 0 aliphatic rings. The lowest BCUT2D eigenvalue weighted by molar-refractivity contribution is -0.118. The molecule has 2 N–H and O–H groups in total. The van der Waals surface area contributed by atoms with Gasteiger partial charge in [0.15, 0.2) is 12.2 Å². The van der Waals surface area contributed by atoms with Crippen molar-refractivity contribution in [2.45, 2.75) is 0 Å². The second-order valence-corrected chi connectivity index (χ2v) is 6.48. The Bertz CT molecular complexity index is 1200. The smallest absolute Gasteiger partial charge is 0.417 e. The number of ether oxygens (including phenoxy) is 1. The number of amides is 1. The molecule has 6 nitrogen and oxygen atoms in total. The van der Waals surface area contributed by atoms with E-state index in [9.17, 15) is 9.59 Å². The van der Waals surface area contributed by atoms with Crippen LogP contribution in [0.25, 0.3) is 22.2 Å². The summed E-state index contributed by atoms with van der Waals surface area (Å²) in [5, 5.41) is 3.12. The molecular weight excluding hydrogens is 380 g/mol. The minimum absolute atomic E-state index is 0.204. The first-order chi connectivity index (χ1) is 13.6. The first kappa shape index (κ1) is 17.9. The van der Waals surface area contributed by atoms with Gasteiger partial charge in [-0.25, -0.2) is 4.79 Å². The third kappa shape index (κ3) is 3.92. The van der Waals surface area contributed by atoms with Crippen molar-refractivity contribution in [2.75, 3.05) is 11.9 Å². The minimum atomic E-state index is -0.546. The van der Waals surface area contributed by atoms with Crippen molar-refractivity contribution in [3.63, 3.8) is 0 Å². The average Bonchev–Trinajstić information content (AvgIpc) is 3.07. The highest BCUT2D eigenvalue weighted by Gasteiger charge is 2.09. The number of carbonyl (C=O) groups excluding carboxylic acids is 1. The Morgan fingerprint density at radius 2 is 1.86 bits per heavy atom.